The van der Waals surface area contributed by atoms with Crippen molar-refractivity contribution in [3.8, 4) is 0 Å². The number of carbonyl (C=O) groups excluding carboxylic acids is 1. The van der Waals surface area contributed by atoms with Gasteiger partial charge in [0.1, 0.15) is 6.04 Å². The Morgan fingerprint density at radius 3 is 3.00 bits per heavy atom. The number of ether oxygens (including phenoxy) is 1. The highest BCUT2D eigenvalue weighted by atomic mass is 16.5. The van der Waals surface area contributed by atoms with Gasteiger partial charge in [-0.2, -0.15) is 0 Å². The van der Waals surface area contributed by atoms with Gasteiger partial charge in [0, 0.05) is 33.4 Å². The van der Waals surface area contributed by atoms with Gasteiger partial charge in [0.25, 0.3) is 0 Å². The second-order valence-electron chi connectivity index (χ2n) is 6.95. The molecule has 0 spiro atoms. The Bertz CT molecular complexity index is 773. The Morgan fingerprint density at radius 2 is 2.20 bits per heavy atom. The van der Waals surface area contributed by atoms with E-state index in [0.29, 0.717) is 30.7 Å². The molecule has 2 heterocycles. The number of hydrogen-bond acceptors (Lipinski definition) is 5. The first kappa shape index (κ1) is 16.3. The largest absolute Gasteiger partial charge is 0.423 e. The van der Waals surface area contributed by atoms with E-state index in [1.165, 1.54) is 11.1 Å². The molecule has 1 aromatic carbocycles. The van der Waals surface area contributed by atoms with Crippen LogP contribution in [-0.2, 0) is 22.4 Å². The Hall–Kier alpha value is -2.21. The van der Waals surface area contributed by atoms with Crippen molar-refractivity contribution in [2.75, 3.05) is 13.7 Å². The fourth-order valence-electron chi connectivity index (χ4n) is 4.10. The van der Waals surface area contributed by atoms with Crippen LogP contribution in [0.25, 0.3) is 0 Å². The number of methoxy groups -OCH3 is 1. The third-order valence-electron chi connectivity index (χ3n) is 5.45. The van der Waals surface area contributed by atoms with Gasteiger partial charge < -0.3 is 14.1 Å². The fourth-order valence-corrected chi connectivity index (χ4v) is 4.10. The number of benzene rings is 1. The lowest BCUT2D eigenvalue weighted by Crippen LogP contribution is -2.29. The number of carbonyl (C=O) groups is 1. The average molecular weight is 341 g/mol. The molecule has 1 amide bonds. The van der Waals surface area contributed by atoms with Crippen molar-refractivity contribution in [3.63, 3.8) is 0 Å². The second kappa shape index (κ2) is 6.59. The number of likely N-dealkylation sites (tertiary alicyclic amines) is 1. The third-order valence-corrected chi connectivity index (χ3v) is 5.45. The zero-order valence-electron chi connectivity index (χ0n) is 14.6. The first-order valence-electron chi connectivity index (χ1n) is 8.85. The van der Waals surface area contributed by atoms with Crippen LogP contribution in [0.5, 0.6) is 0 Å². The summed E-state index contributed by atoms with van der Waals surface area (Å²) in [5.74, 6) is 1.62. The summed E-state index contributed by atoms with van der Waals surface area (Å²) in [6.07, 6.45) is 3.70. The second-order valence-corrected chi connectivity index (χ2v) is 6.95. The lowest BCUT2D eigenvalue weighted by molar-refractivity contribution is -0.130. The third kappa shape index (κ3) is 3.06. The molecular weight excluding hydrogens is 318 g/mol. The first-order valence-corrected chi connectivity index (χ1v) is 8.85. The Labute approximate surface area is 147 Å². The van der Waals surface area contributed by atoms with Crippen LogP contribution in [0.15, 0.2) is 28.7 Å². The monoisotopic (exact) mass is 341 g/mol. The predicted octanol–water partition coefficient (Wildman–Crippen LogP) is 2.65. The predicted molar refractivity (Wildman–Crippen MR) is 91.0 cm³/mol. The molecule has 2 aliphatic rings. The summed E-state index contributed by atoms with van der Waals surface area (Å²) in [6, 6.07) is 8.39. The molecule has 2 aromatic rings. The molecule has 1 aliphatic carbocycles. The maximum Gasteiger partial charge on any atom is 0.239 e. The minimum absolute atomic E-state index is 0.00835. The first-order chi connectivity index (χ1) is 12.2. The van der Waals surface area contributed by atoms with Gasteiger partial charge in [-0.15, -0.1) is 10.2 Å². The summed E-state index contributed by atoms with van der Waals surface area (Å²) < 4.78 is 11.4. The highest BCUT2D eigenvalue weighted by Gasteiger charge is 2.38. The molecular formula is C19H23N3O3. The summed E-state index contributed by atoms with van der Waals surface area (Å²) in [5.41, 5.74) is 2.82. The van der Waals surface area contributed by atoms with E-state index in [2.05, 4.69) is 34.5 Å². The molecule has 0 unspecified atom stereocenters. The number of aryl methyl sites for hydroxylation is 1. The van der Waals surface area contributed by atoms with E-state index in [4.69, 9.17) is 9.15 Å². The summed E-state index contributed by atoms with van der Waals surface area (Å²) in [5, 5.41) is 8.48. The number of rotatable bonds is 4. The molecule has 1 aromatic heterocycles. The van der Waals surface area contributed by atoms with Crippen LogP contribution in [0, 0.1) is 0 Å². The highest BCUT2D eigenvalue weighted by molar-refractivity contribution is 5.74. The normalized spacial score (nSPS) is 25.4. The van der Waals surface area contributed by atoms with Crippen molar-refractivity contribution in [2.45, 2.75) is 50.7 Å². The smallest absolute Gasteiger partial charge is 0.239 e. The molecule has 25 heavy (non-hydrogen) atoms. The minimum Gasteiger partial charge on any atom is -0.423 e. The van der Waals surface area contributed by atoms with Crippen molar-refractivity contribution in [1.82, 2.24) is 15.1 Å². The quantitative estimate of drug-likeness (QED) is 0.855. The van der Waals surface area contributed by atoms with Crippen molar-refractivity contribution in [2.24, 2.45) is 0 Å². The fraction of sp³-hybridized carbons (Fsp3) is 0.526. The zero-order chi connectivity index (χ0) is 17.4. The van der Waals surface area contributed by atoms with Crippen LogP contribution < -0.4 is 0 Å². The van der Waals surface area contributed by atoms with Crippen LogP contribution in [-0.4, -0.2) is 40.8 Å². The molecule has 4 rings (SSSR count). The van der Waals surface area contributed by atoms with E-state index < -0.39 is 0 Å². The zero-order valence-corrected chi connectivity index (χ0v) is 14.6. The molecule has 6 heteroatoms. The van der Waals surface area contributed by atoms with Gasteiger partial charge >= 0.3 is 0 Å². The van der Waals surface area contributed by atoms with Gasteiger partial charge in [-0.05, 0) is 29.9 Å². The van der Waals surface area contributed by atoms with E-state index in [-0.39, 0.29) is 18.1 Å². The van der Waals surface area contributed by atoms with Crippen LogP contribution in [0.2, 0.25) is 0 Å². The Morgan fingerprint density at radius 1 is 1.36 bits per heavy atom. The topological polar surface area (TPSA) is 68.5 Å². The molecule has 3 atom stereocenters. The summed E-state index contributed by atoms with van der Waals surface area (Å²) in [6.45, 7) is 2.14. The Balaban J connectivity index is 1.50. The van der Waals surface area contributed by atoms with Gasteiger partial charge in [-0.25, -0.2) is 0 Å². The lowest BCUT2D eigenvalue weighted by Gasteiger charge is -2.19. The standard InChI is InChI=1S/C19H23N3O3/c1-12(23)22-11-15(24-2)10-17(22)19-21-20-18(25-19)9-14-8-7-13-5-3-4-6-16(13)14/h3-6,14-15,17H,7-11H2,1-2H3/t14-,15-,17+/m0/s1. The molecule has 1 saturated heterocycles. The van der Waals surface area contributed by atoms with Gasteiger partial charge in [-0.3, -0.25) is 4.79 Å². The van der Waals surface area contributed by atoms with E-state index in [9.17, 15) is 4.79 Å². The number of hydrogen-bond donors (Lipinski definition) is 0. The molecule has 1 fully saturated rings. The Kier molecular flexibility index (Phi) is 4.29. The SMILES string of the molecule is CO[C@H]1C[C@H](c2nnc(C[C@@H]3CCc4ccccc43)o2)N(C(C)=O)C1. The van der Waals surface area contributed by atoms with Crippen molar-refractivity contribution in [1.29, 1.82) is 0 Å². The van der Waals surface area contributed by atoms with Crippen molar-refractivity contribution < 1.29 is 13.9 Å². The maximum absolute atomic E-state index is 11.9. The maximum atomic E-state index is 11.9. The molecule has 0 N–H and O–H groups in total. The van der Waals surface area contributed by atoms with Gasteiger partial charge in [0.05, 0.1) is 6.10 Å². The average Bonchev–Trinajstić information content (AvgIpc) is 3.33. The van der Waals surface area contributed by atoms with Gasteiger partial charge in [0.15, 0.2) is 0 Å². The van der Waals surface area contributed by atoms with E-state index in [1.807, 2.05) is 0 Å². The van der Waals surface area contributed by atoms with Crippen LogP contribution in [0.3, 0.4) is 0 Å². The molecule has 6 nitrogen and oxygen atoms in total. The molecule has 0 radical (unpaired) electrons. The highest BCUT2D eigenvalue weighted by Crippen LogP contribution is 2.36. The molecule has 0 saturated carbocycles. The number of amides is 1. The van der Waals surface area contributed by atoms with E-state index in [0.717, 1.165) is 19.3 Å². The minimum atomic E-state index is -0.181. The van der Waals surface area contributed by atoms with Crippen molar-refractivity contribution in [3.05, 3.63) is 47.2 Å². The molecule has 0 bridgehead atoms. The van der Waals surface area contributed by atoms with E-state index >= 15 is 0 Å². The van der Waals surface area contributed by atoms with Crippen LogP contribution in [0.1, 0.15) is 54.6 Å². The van der Waals surface area contributed by atoms with E-state index in [1.54, 1.807) is 18.9 Å². The summed E-state index contributed by atoms with van der Waals surface area (Å²) in [4.78, 5) is 13.7. The van der Waals surface area contributed by atoms with Crippen LogP contribution >= 0.6 is 0 Å². The molecule has 132 valence electrons. The van der Waals surface area contributed by atoms with Gasteiger partial charge in [0.2, 0.25) is 17.7 Å². The van der Waals surface area contributed by atoms with Crippen molar-refractivity contribution >= 4 is 5.91 Å². The summed E-state index contributed by atoms with van der Waals surface area (Å²) in [7, 11) is 1.67. The lowest BCUT2D eigenvalue weighted by atomic mass is 9.98. The number of fused-ring (bicyclic) bond motifs is 1. The van der Waals surface area contributed by atoms with Gasteiger partial charge in [-0.1, -0.05) is 24.3 Å². The summed E-state index contributed by atoms with van der Waals surface area (Å²) >= 11 is 0. The number of aromatic nitrogens is 2. The number of nitrogens with zero attached hydrogens (tertiary/aromatic N) is 3. The molecule has 1 aliphatic heterocycles. The van der Waals surface area contributed by atoms with Crippen LogP contribution in [0.4, 0.5) is 0 Å².